The van der Waals surface area contributed by atoms with Gasteiger partial charge in [-0.1, -0.05) is 18.5 Å². The summed E-state index contributed by atoms with van der Waals surface area (Å²) in [6.07, 6.45) is 5.14. The maximum absolute atomic E-state index is 6.12. The van der Waals surface area contributed by atoms with E-state index in [0.29, 0.717) is 11.2 Å². The van der Waals surface area contributed by atoms with Gasteiger partial charge in [-0.3, -0.25) is 4.98 Å². The van der Waals surface area contributed by atoms with Crippen molar-refractivity contribution in [2.45, 2.75) is 32.2 Å². The zero-order valence-corrected chi connectivity index (χ0v) is 13.2. The average Bonchev–Trinajstić information content (AvgIpc) is 2.50. The number of hydrogen-bond donors (Lipinski definition) is 1. The van der Waals surface area contributed by atoms with E-state index in [9.17, 15) is 0 Å². The molecule has 0 saturated carbocycles. The third kappa shape index (κ3) is 3.09. The zero-order chi connectivity index (χ0) is 14.8. The lowest BCUT2D eigenvalue weighted by Gasteiger charge is -2.30. The molecule has 1 aliphatic heterocycles. The summed E-state index contributed by atoms with van der Waals surface area (Å²) in [7, 11) is 2.15. The van der Waals surface area contributed by atoms with Crippen LogP contribution in [0, 0.1) is 0 Å². The van der Waals surface area contributed by atoms with Crippen LogP contribution in [0.25, 0.3) is 10.9 Å². The van der Waals surface area contributed by atoms with Crippen LogP contribution in [-0.2, 0) is 6.42 Å². The summed E-state index contributed by atoms with van der Waals surface area (Å²) in [6, 6.07) is 2.50. The predicted octanol–water partition coefficient (Wildman–Crippen LogP) is 2.75. The maximum atomic E-state index is 6.12. The summed E-state index contributed by atoms with van der Waals surface area (Å²) >= 11 is 6.12. The number of halogens is 1. The van der Waals surface area contributed by atoms with Crippen LogP contribution in [0.2, 0.25) is 5.15 Å². The van der Waals surface area contributed by atoms with E-state index in [2.05, 4.69) is 45.4 Å². The second-order valence-corrected chi connectivity index (χ2v) is 6.04. The van der Waals surface area contributed by atoms with Gasteiger partial charge in [0.2, 0.25) is 0 Å². The number of aromatic nitrogens is 3. The van der Waals surface area contributed by atoms with E-state index < -0.39 is 0 Å². The van der Waals surface area contributed by atoms with Gasteiger partial charge in [-0.05, 0) is 44.5 Å². The van der Waals surface area contributed by atoms with E-state index in [-0.39, 0.29) is 0 Å². The minimum Gasteiger partial charge on any atom is -0.364 e. The van der Waals surface area contributed by atoms with Crippen LogP contribution < -0.4 is 5.32 Å². The van der Waals surface area contributed by atoms with Crippen molar-refractivity contribution in [2.75, 3.05) is 25.5 Å². The number of nitrogens with zero attached hydrogens (tertiary/aromatic N) is 4. The molecule has 1 fully saturated rings. The van der Waals surface area contributed by atoms with Gasteiger partial charge in [-0.2, -0.15) is 0 Å². The van der Waals surface area contributed by atoms with Crippen molar-refractivity contribution in [3.63, 3.8) is 0 Å². The highest BCUT2D eigenvalue weighted by Crippen LogP contribution is 2.26. The van der Waals surface area contributed by atoms with Crippen molar-refractivity contribution in [3.05, 3.63) is 23.0 Å². The van der Waals surface area contributed by atoms with Crippen molar-refractivity contribution < 1.29 is 0 Å². The van der Waals surface area contributed by atoms with Crippen molar-refractivity contribution in [2.24, 2.45) is 0 Å². The molecule has 5 nitrogen and oxygen atoms in total. The van der Waals surface area contributed by atoms with Gasteiger partial charge >= 0.3 is 0 Å². The summed E-state index contributed by atoms with van der Waals surface area (Å²) in [5, 5.41) is 13.1. The number of likely N-dealkylation sites (tertiary alicyclic amines) is 1. The van der Waals surface area contributed by atoms with Gasteiger partial charge in [0.1, 0.15) is 5.52 Å². The predicted molar refractivity (Wildman–Crippen MR) is 85.9 cm³/mol. The van der Waals surface area contributed by atoms with Crippen LogP contribution in [0.5, 0.6) is 0 Å². The fourth-order valence-corrected chi connectivity index (χ4v) is 3.01. The van der Waals surface area contributed by atoms with Crippen molar-refractivity contribution >= 4 is 28.3 Å². The van der Waals surface area contributed by atoms with Gasteiger partial charge in [-0.15, -0.1) is 10.2 Å². The number of pyridine rings is 1. The Kier molecular flexibility index (Phi) is 4.22. The molecule has 2 aromatic heterocycles. The molecular weight excluding hydrogens is 286 g/mol. The number of anilines is 1. The molecule has 21 heavy (non-hydrogen) atoms. The number of nitrogens with one attached hydrogen (secondary N) is 1. The molecule has 6 heteroatoms. The standard InChI is InChI=1S/C15H20ClN5/c1-3-10-7-12-13(17-8-10)14(16)19-20-15(12)18-11-5-4-6-21(2)9-11/h7-8,11H,3-6,9H2,1-2H3,(H,18,20). The molecule has 2 aromatic rings. The van der Waals surface area contributed by atoms with Crippen molar-refractivity contribution in [1.29, 1.82) is 0 Å². The first-order valence-corrected chi connectivity index (χ1v) is 7.81. The Balaban J connectivity index is 1.95. The van der Waals surface area contributed by atoms with Gasteiger partial charge in [0.25, 0.3) is 0 Å². The first-order valence-electron chi connectivity index (χ1n) is 7.43. The summed E-state index contributed by atoms with van der Waals surface area (Å²) in [4.78, 5) is 6.77. The largest absolute Gasteiger partial charge is 0.364 e. The first-order chi connectivity index (χ1) is 10.2. The summed E-state index contributed by atoms with van der Waals surface area (Å²) < 4.78 is 0. The molecule has 0 bridgehead atoms. The molecular formula is C15H20ClN5. The van der Waals surface area contributed by atoms with E-state index in [1.807, 2.05) is 6.20 Å². The van der Waals surface area contributed by atoms with Crippen LogP contribution in [-0.4, -0.2) is 46.3 Å². The number of piperidine rings is 1. The van der Waals surface area contributed by atoms with E-state index in [0.717, 1.165) is 42.7 Å². The van der Waals surface area contributed by atoms with Gasteiger partial charge in [0.05, 0.1) is 0 Å². The topological polar surface area (TPSA) is 53.9 Å². The molecule has 3 rings (SSSR count). The smallest absolute Gasteiger partial charge is 0.178 e. The molecule has 0 radical (unpaired) electrons. The molecule has 112 valence electrons. The van der Waals surface area contributed by atoms with Crippen molar-refractivity contribution in [3.8, 4) is 0 Å². The second kappa shape index (κ2) is 6.12. The zero-order valence-electron chi connectivity index (χ0n) is 12.4. The fraction of sp³-hybridized carbons (Fsp3) is 0.533. The van der Waals surface area contributed by atoms with Crippen molar-refractivity contribution in [1.82, 2.24) is 20.1 Å². The third-order valence-electron chi connectivity index (χ3n) is 4.01. The minimum absolute atomic E-state index is 0.360. The van der Waals surface area contributed by atoms with E-state index in [1.165, 1.54) is 12.0 Å². The molecule has 3 heterocycles. The molecule has 1 unspecified atom stereocenters. The number of fused-ring (bicyclic) bond motifs is 1. The lowest BCUT2D eigenvalue weighted by molar-refractivity contribution is 0.261. The summed E-state index contributed by atoms with van der Waals surface area (Å²) in [6.45, 7) is 4.29. The molecule has 0 aromatic carbocycles. The van der Waals surface area contributed by atoms with Crippen LogP contribution in [0.15, 0.2) is 12.3 Å². The van der Waals surface area contributed by atoms with E-state index in [4.69, 9.17) is 11.6 Å². The first kappa shape index (κ1) is 14.5. The fourth-order valence-electron chi connectivity index (χ4n) is 2.83. The number of likely N-dealkylation sites (N-methyl/N-ethyl adjacent to an activating group) is 1. The van der Waals surface area contributed by atoms with Crippen LogP contribution in [0.1, 0.15) is 25.3 Å². The van der Waals surface area contributed by atoms with Crippen LogP contribution in [0.3, 0.4) is 0 Å². The highest BCUT2D eigenvalue weighted by molar-refractivity contribution is 6.34. The molecule has 1 atom stereocenters. The van der Waals surface area contributed by atoms with Gasteiger partial charge in [0.15, 0.2) is 11.0 Å². The Bertz CT molecular complexity index is 645. The Labute approximate surface area is 129 Å². The van der Waals surface area contributed by atoms with Gasteiger partial charge in [0, 0.05) is 24.2 Å². The van der Waals surface area contributed by atoms with Gasteiger partial charge < -0.3 is 10.2 Å². The summed E-state index contributed by atoms with van der Waals surface area (Å²) in [5.41, 5.74) is 1.89. The Hall–Kier alpha value is -1.46. The lowest BCUT2D eigenvalue weighted by Crippen LogP contribution is -2.40. The average molecular weight is 306 g/mol. The normalized spacial score (nSPS) is 19.9. The number of hydrogen-bond acceptors (Lipinski definition) is 5. The summed E-state index contributed by atoms with van der Waals surface area (Å²) in [5.74, 6) is 0.789. The van der Waals surface area contributed by atoms with E-state index in [1.54, 1.807) is 0 Å². The number of rotatable bonds is 3. The second-order valence-electron chi connectivity index (χ2n) is 5.68. The third-order valence-corrected chi connectivity index (χ3v) is 4.26. The lowest BCUT2D eigenvalue weighted by atomic mass is 10.1. The Morgan fingerprint density at radius 1 is 1.43 bits per heavy atom. The molecule has 0 spiro atoms. The Morgan fingerprint density at radius 3 is 3.05 bits per heavy atom. The molecule has 0 amide bonds. The van der Waals surface area contributed by atoms with Crippen LogP contribution >= 0.6 is 11.6 Å². The molecule has 1 aliphatic rings. The minimum atomic E-state index is 0.360. The molecule has 1 saturated heterocycles. The monoisotopic (exact) mass is 305 g/mol. The molecule has 0 aliphatic carbocycles. The Morgan fingerprint density at radius 2 is 2.29 bits per heavy atom. The highest BCUT2D eigenvalue weighted by atomic mass is 35.5. The highest BCUT2D eigenvalue weighted by Gasteiger charge is 2.19. The molecule has 1 N–H and O–H groups in total. The quantitative estimate of drug-likeness (QED) is 0.945. The SMILES string of the molecule is CCc1cnc2c(Cl)nnc(NC3CCCN(C)C3)c2c1. The number of aryl methyl sites for hydroxylation is 1. The van der Waals surface area contributed by atoms with Crippen LogP contribution in [0.4, 0.5) is 5.82 Å². The van der Waals surface area contributed by atoms with E-state index >= 15 is 0 Å². The maximum Gasteiger partial charge on any atom is 0.178 e. The van der Waals surface area contributed by atoms with Gasteiger partial charge in [-0.25, -0.2) is 0 Å².